The van der Waals surface area contributed by atoms with Crippen LogP contribution in [0, 0.1) is 6.57 Å². The van der Waals surface area contributed by atoms with Crippen molar-refractivity contribution in [3.8, 4) is 6.01 Å². The van der Waals surface area contributed by atoms with Crippen molar-refractivity contribution >= 4 is 28.4 Å². The second kappa shape index (κ2) is 14.5. The second-order valence-corrected chi connectivity index (χ2v) is 12.6. The van der Waals surface area contributed by atoms with Crippen LogP contribution in [0.1, 0.15) is 16.8 Å². The maximum Gasteiger partial charge on any atom is 0.410 e. The number of aromatic nitrogens is 2. The zero-order valence-electron chi connectivity index (χ0n) is 27.3. The Morgan fingerprint density at radius 2 is 1.79 bits per heavy atom. The minimum atomic E-state index is -0.398. The van der Waals surface area contributed by atoms with E-state index < -0.39 is 6.09 Å². The van der Waals surface area contributed by atoms with Gasteiger partial charge >= 0.3 is 12.1 Å². The average Bonchev–Trinajstić information content (AvgIpc) is 3.13. The van der Waals surface area contributed by atoms with E-state index in [1.54, 1.807) is 4.90 Å². The van der Waals surface area contributed by atoms with E-state index in [9.17, 15) is 4.79 Å². The third-order valence-corrected chi connectivity index (χ3v) is 9.58. The van der Waals surface area contributed by atoms with Gasteiger partial charge < -0.3 is 28.9 Å². The van der Waals surface area contributed by atoms with Gasteiger partial charge in [-0.15, -0.1) is 0 Å². The molecule has 0 bridgehead atoms. The van der Waals surface area contributed by atoms with Crippen molar-refractivity contribution in [2.45, 2.75) is 31.7 Å². The largest absolute Gasteiger partial charge is 0.462 e. The Balaban J connectivity index is 1.15. The van der Waals surface area contributed by atoms with E-state index in [1.165, 1.54) is 16.5 Å². The number of benzene rings is 3. The molecule has 2 saturated heterocycles. The van der Waals surface area contributed by atoms with E-state index in [4.69, 9.17) is 30.8 Å². The van der Waals surface area contributed by atoms with Gasteiger partial charge in [0.25, 0.3) is 0 Å². The number of nitrogens with zero attached hydrogens (tertiary/aromatic N) is 7. The van der Waals surface area contributed by atoms with Crippen molar-refractivity contribution < 1.29 is 19.0 Å². The van der Waals surface area contributed by atoms with Gasteiger partial charge in [-0.2, -0.15) is 9.97 Å². The monoisotopic (exact) mass is 647 g/mol. The lowest BCUT2D eigenvalue weighted by Crippen LogP contribution is -2.57. The van der Waals surface area contributed by atoms with Crippen LogP contribution in [0.5, 0.6) is 6.01 Å². The number of morpholine rings is 1. The van der Waals surface area contributed by atoms with Crippen molar-refractivity contribution in [2.24, 2.45) is 0 Å². The molecular weight excluding hydrogens is 606 g/mol. The maximum absolute atomic E-state index is 13.2. The van der Waals surface area contributed by atoms with Gasteiger partial charge in [0.15, 0.2) is 0 Å². The molecule has 0 aliphatic carbocycles. The van der Waals surface area contributed by atoms with Crippen molar-refractivity contribution in [1.82, 2.24) is 19.8 Å². The summed E-state index contributed by atoms with van der Waals surface area (Å²) in [4.78, 5) is 35.5. The summed E-state index contributed by atoms with van der Waals surface area (Å²) in [7, 11) is 2.08. The number of likely N-dealkylation sites (N-methyl/N-ethyl adjacent to an activating group) is 1. The van der Waals surface area contributed by atoms with Crippen LogP contribution in [0.25, 0.3) is 15.6 Å². The molecule has 0 N–H and O–H groups in total. The minimum absolute atomic E-state index is 0.113. The topological polar surface area (TPSA) is 87.9 Å². The fourth-order valence-corrected chi connectivity index (χ4v) is 6.84. The van der Waals surface area contributed by atoms with Crippen LogP contribution in [-0.2, 0) is 29.0 Å². The Labute approximate surface area is 281 Å². The summed E-state index contributed by atoms with van der Waals surface area (Å²) in [5.41, 5.74) is 4.14. The Bertz CT molecular complexity index is 1780. The van der Waals surface area contributed by atoms with Gasteiger partial charge in [-0.25, -0.2) is 11.4 Å². The van der Waals surface area contributed by atoms with Crippen LogP contribution in [-0.4, -0.2) is 104 Å². The number of ether oxygens (including phenoxy) is 3. The maximum atomic E-state index is 13.2. The molecule has 4 aromatic rings. The molecule has 248 valence electrons. The van der Waals surface area contributed by atoms with E-state index in [2.05, 4.69) is 69.1 Å². The fraction of sp³-hybridized carbons (Fsp3) is 0.405. The third-order valence-electron chi connectivity index (χ3n) is 9.58. The highest BCUT2D eigenvalue weighted by molar-refractivity contribution is 5.94. The van der Waals surface area contributed by atoms with E-state index in [1.807, 2.05) is 30.3 Å². The van der Waals surface area contributed by atoms with Gasteiger partial charge in [-0.05, 0) is 30.5 Å². The molecule has 3 aliphatic heterocycles. The molecule has 11 heteroatoms. The highest BCUT2D eigenvalue weighted by Crippen LogP contribution is 2.35. The summed E-state index contributed by atoms with van der Waals surface area (Å²) in [6.45, 7) is 13.5. The van der Waals surface area contributed by atoms with Gasteiger partial charge in [0.2, 0.25) is 6.54 Å². The van der Waals surface area contributed by atoms with Crippen LogP contribution < -0.4 is 14.5 Å². The van der Waals surface area contributed by atoms with Crippen LogP contribution in [0.3, 0.4) is 0 Å². The van der Waals surface area contributed by atoms with Gasteiger partial charge in [-0.3, -0.25) is 9.80 Å². The number of hydrogen-bond acceptors (Lipinski definition) is 9. The summed E-state index contributed by atoms with van der Waals surface area (Å²) in [5, 5.41) is 2.42. The number of carbonyl (C=O) groups is 1. The minimum Gasteiger partial charge on any atom is -0.462 e. The first kappa shape index (κ1) is 31.7. The van der Waals surface area contributed by atoms with Gasteiger partial charge in [-0.1, -0.05) is 66.7 Å². The molecule has 2 atom stereocenters. The first-order valence-electron chi connectivity index (χ1n) is 16.7. The Hall–Kier alpha value is -4.92. The molecule has 3 aliphatic rings. The molecule has 1 amide bonds. The fourth-order valence-electron chi connectivity index (χ4n) is 6.84. The number of carbonyl (C=O) groups excluding carboxylic acids is 1. The third kappa shape index (κ3) is 6.86. The molecule has 1 unspecified atom stereocenters. The molecule has 0 spiro atoms. The van der Waals surface area contributed by atoms with E-state index >= 15 is 0 Å². The zero-order valence-corrected chi connectivity index (χ0v) is 27.3. The van der Waals surface area contributed by atoms with Crippen LogP contribution in [0.2, 0.25) is 0 Å². The van der Waals surface area contributed by atoms with E-state index in [0.717, 1.165) is 42.1 Å². The molecule has 7 rings (SSSR count). The van der Waals surface area contributed by atoms with Crippen molar-refractivity contribution in [1.29, 1.82) is 0 Å². The quantitative estimate of drug-likeness (QED) is 0.254. The molecule has 0 radical (unpaired) electrons. The summed E-state index contributed by atoms with van der Waals surface area (Å²) >= 11 is 0. The standard InChI is InChI=1S/C37H41N7O4/c1-38-21-29-22-43(17-18-44(29)37(45)48-24-27-9-4-3-5-10-27)35-32-15-16-42(34-14-8-12-28-11-6-7-13-31(28)34)23-33(32)39-36(40-35)47-26-30-25-46-20-19-41(30)2/h3-14,29-30H,15-26H2,2H3/t29?,30-/m0/s1. The average molecular weight is 648 g/mol. The highest BCUT2D eigenvalue weighted by Gasteiger charge is 2.36. The van der Waals surface area contributed by atoms with Crippen molar-refractivity contribution in [3.05, 3.63) is 101 Å². The normalized spacial score (nSPS) is 19.9. The number of fused-ring (bicyclic) bond motifs is 2. The predicted octanol–water partition coefficient (Wildman–Crippen LogP) is 4.65. The first-order valence-corrected chi connectivity index (χ1v) is 16.7. The summed E-state index contributed by atoms with van der Waals surface area (Å²) in [6.07, 6.45) is 0.366. The van der Waals surface area contributed by atoms with Crippen molar-refractivity contribution in [2.75, 3.05) is 75.9 Å². The Morgan fingerprint density at radius 1 is 0.958 bits per heavy atom. The zero-order chi connectivity index (χ0) is 32.9. The molecule has 48 heavy (non-hydrogen) atoms. The second-order valence-electron chi connectivity index (χ2n) is 12.6. The predicted molar refractivity (Wildman–Crippen MR) is 184 cm³/mol. The van der Waals surface area contributed by atoms with E-state index in [-0.39, 0.29) is 25.2 Å². The lowest BCUT2D eigenvalue weighted by Gasteiger charge is -2.41. The molecule has 4 heterocycles. The van der Waals surface area contributed by atoms with Crippen LogP contribution in [0.15, 0.2) is 72.8 Å². The number of hydrogen-bond donors (Lipinski definition) is 0. The van der Waals surface area contributed by atoms with Gasteiger partial charge in [0, 0.05) is 49.4 Å². The molecule has 11 nitrogen and oxygen atoms in total. The Morgan fingerprint density at radius 3 is 2.65 bits per heavy atom. The summed E-state index contributed by atoms with van der Waals surface area (Å²) < 4.78 is 17.7. The number of piperazine rings is 1. The Kier molecular flexibility index (Phi) is 9.54. The summed E-state index contributed by atoms with van der Waals surface area (Å²) in [6, 6.07) is 24.7. The molecule has 3 aromatic carbocycles. The number of rotatable bonds is 8. The lowest BCUT2D eigenvalue weighted by atomic mass is 10.0. The molecular formula is C37H41N7O4. The molecule has 1 aromatic heterocycles. The van der Waals surface area contributed by atoms with Crippen LogP contribution >= 0.6 is 0 Å². The molecule has 2 fully saturated rings. The van der Waals surface area contributed by atoms with Gasteiger partial charge in [0.1, 0.15) is 25.1 Å². The number of amides is 1. The highest BCUT2D eigenvalue weighted by atomic mass is 16.6. The van der Waals surface area contributed by atoms with Gasteiger partial charge in [0.05, 0.1) is 31.5 Å². The first-order chi connectivity index (χ1) is 23.6. The van der Waals surface area contributed by atoms with E-state index in [0.29, 0.717) is 52.0 Å². The number of anilines is 2. The van der Waals surface area contributed by atoms with Crippen LogP contribution in [0.4, 0.5) is 16.3 Å². The van der Waals surface area contributed by atoms with Crippen molar-refractivity contribution in [3.63, 3.8) is 0 Å². The SMILES string of the molecule is [C-]#[N+]CC1CN(c2nc(OC[C@@H]3COCCN3C)nc3c2CCN(c2cccc4ccccc24)C3)CCN1C(=O)OCc1ccccc1. The summed E-state index contributed by atoms with van der Waals surface area (Å²) in [5.74, 6) is 0.827. The smallest absolute Gasteiger partial charge is 0.410 e. The lowest BCUT2D eigenvalue weighted by molar-refractivity contribution is -0.0120. The molecule has 0 saturated carbocycles.